The van der Waals surface area contributed by atoms with Gasteiger partial charge in [0.1, 0.15) is 0 Å². The number of hydrogen-bond acceptors (Lipinski definition) is 4. The third-order valence-corrected chi connectivity index (χ3v) is 4.60. The van der Waals surface area contributed by atoms with Crippen LogP contribution in [0.25, 0.3) is 0 Å². The van der Waals surface area contributed by atoms with Crippen LogP contribution < -0.4 is 0 Å². The Labute approximate surface area is 147 Å². The van der Waals surface area contributed by atoms with Crippen LogP contribution in [0.1, 0.15) is 29.3 Å². The molecule has 0 spiro atoms. The van der Waals surface area contributed by atoms with E-state index in [0.717, 1.165) is 39.1 Å². The third-order valence-electron chi connectivity index (χ3n) is 4.30. The smallest absolute Gasteiger partial charge is 0.255 e. The monoisotopic (exact) mass is 347 g/mol. The van der Waals surface area contributed by atoms with Gasteiger partial charge in [-0.1, -0.05) is 11.6 Å². The predicted octanol–water partition coefficient (Wildman–Crippen LogP) is 2.30. The zero-order valence-electron chi connectivity index (χ0n) is 13.9. The van der Waals surface area contributed by atoms with Crippen LogP contribution in [0.3, 0.4) is 0 Å². The number of amides is 1. The highest BCUT2D eigenvalue weighted by Gasteiger charge is 2.22. The lowest BCUT2D eigenvalue weighted by atomic mass is 10.2. The van der Waals surface area contributed by atoms with E-state index in [9.17, 15) is 4.79 Å². The second kappa shape index (κ2) is 7.77. The molecule has 3 rings (SSSR count). The van der Waals surface area contributed by atoms with Gasteiger partial charge in [-0.2, -0.15) is 5.10 Å². The van der Waals surface area contributed by atoms with Crippen molar-refractivity contribution in [3.63, 3.8) is 0 Å². The minimum Gasteiger partial charge on any atom is -0.337 e. The summed E-state index contributed by atoms with van der Waals surface area (Å²) in [6.07, 6.45) is 8.09. The van der Waals surface area contributed by atoms with E-state index >= 15 is 0 Å². The van der Waals surface area contributed by atoms with E-state index < -0.39 is 0 Å². The van der Waals surface area contributed by atoms with Crippen LogP contribution in [0.5, 0.6) is 0 Å². The molecule has 1 aliphatic rings. The number of carbonyl (C=O) groups is 1. The van der Waals surface area contributed by atoms with Gasteiger partial charge in [0.25, 0.3) is 5.91 Å². The highest BCUT2D eigenvalue weighted by molar-refractivity contribution is 6.33. The number of aryl methyl sites for hydroxylation is 1. The van der Waals surface area contributed by atoms with Gasteiger partial charge in [-0.05, 0) is 19.4 Å². The normalized spacial score (nSPS) is 16.2. The fraction of sp³-hybridized carbons (Fsp3) is 0.471. The number of halogens is 1. The van der Waals surface area contributed by atoms with Gasteiger partial charge < -0.3 is 4.90 Å². The van der Waals surface area contributed by atoms with Crippen molar-refractivity contribution in [2.75, 3.05) is 26.2 Å². The van der Waals surface area contributed by atoms with E-state index in [4.69, 9.17) is 11.6 Å². The molecule has 0 saturated carbocycles. The van der Waals surface area contributed by atoms with Crippen LogP contribution in [-0.4, -0.2) is 56.7 Å². The minimum absolute atomic E-state index is 0.0111. The first-order valence-corrected chi connectivity index (χ1v) is 8.67. The van der Waals surface area contributed by atoms with Crippen LogP contribution in [-0.2, 0) is 13.1 Å². The molecule has 0 radical (unpaired) electrons. The summed E-state index contributed by atoms with van der Waals surface area (Å²) in [6.45, 7) is 7.13. The van der Waals surface area contributed by atoms with E-state index in [2.05, 4.69) is 28.1 Å². The largest absolute Gasteiger partial charge is 0.337 e. The Hall–Kier alpha value is -1.92. The van der Waals surface area contributed by atoms with E-state index in [1.165, 1.54) is 11.8 Å². The number of rotatable bonds is 4. The van der Waals surface area contributed by atoms with Crippen LogP contribution in [0.2, 0.25) is 5.02 Å². The molecule has 0 aromatic carbocycles. The molecule has 1 aliphatic heterocycles. The van der Waals surface area contributed by atoms with Crippen LogP contribution in [0, 0.1) is 0 Å². The summed E-state index contributed by atoms with van der Waals surface area (Å²) in [5.41, 5.74) is 1.75. The Morgan fingerprint density at radius 3 is 2.88 bits per heavy atom. The average Bonchev–Trinajstić information content (AvgIpc) is 2.92. The van der Waals surface area contributed by atoms with Crippen LogP contribution >= 0.6 is 11.6 Å². The van der Waals surface area contributed by atoms with Crippen molar-refractivity contribution >= 4 is 17.5 Å². The Morgan fingerprint density at radius 2 is 2.12 bits per heavy atom. The van der Waals surface area contributed by atoms with Gasteiger partial charge in [-0.3, -0.25) is 19.4 Å². The van der Waals surface area contributed by atoms with Gasteiger partial charge >= 0.3 is 0 Å². The summed E-state index contributed by atoms with van der Waals surface area (Å²) in [5, 5.41) is 4.73. The number of nitrogens with zero attached hydrogens (tertiary/aromatic N) is 5. The van der Waals surface area contributed by atoms with Gasteiger partial charge in [0, 0.05) is 63.4 Å². The lowest BCUT2D eigenvalue weighted by Gasteiger charge is -2.22. The first-order valence-electron chi connectivity index (χ1n) is 8.30. The second-order valence-electron chi connectivity index (χ2n) is 5.98. The quantitative estimate of drug-likeness (QED) is 0.851. The first kappa shape index (κ1) is 16.9. The van der Waals surface area contributed by atoms with Crippen molar-refractivity contribution in [3.8, 4) is 0 Å². The van der Waals surface area contributed by atoms with Crippen molar-refractivity contribution in [1.29, 1.82) is 0 Å². The Morgan fingerprint density at radius 1 is 1.25 bits per heavy atom. The van der Waals surface area contributed by atoms with Crippen LogP contribution in [0.4, 0.5) is 0 Å². The highest BCUT2D eigenvalue weighted by atomic mass is 35.5. The zero-order valence-corrected chi connectivity index (χ0v) is 14.6. The molecule has 0 aliphatic carbocycles. The molecule has 1 amide bonds. The van der Waals surface area contributed by atoms with Gasteiger partial charge in [-0.15, -0.1) is 0 Å². The average molecular weight is 348 g/mol. The van der Waals surface area contributed by atoms with Crippen molar-refractivity contribution in [2.45, 2.75) is 26.4 Å². The fourth-order valence-corrected chi connectivity index (χ4v) is 3.17. The van der Waals surface area contributed by atoms with Crippen molar-refractivity contribution < 1.29 is 4.79 Å². The minimum atomic E-state index is -0.0111. The molecule has 0 atom stereocenters. The van der Waals surface area contributed by atoms with E-state index in [1.54, 1.807) is 12.3 Å². The molecule has 24 heavy (non-hydrogen) atoms. The van der Waals surface area contributed by atoms with Gasteiger partial charge in [-0.25, -0.2) is 0 Å². The standard InChI is InChI=1S/C17H22ClN5O/c1-2-23-13-14(10-20-23)12-21-6-3-7-22(9-8-21)17(24)15-4-5-19-11-16(15)18/h4-5,10-11,13H,2-3,6-9,12H2,1H3. The van der Waals surface area contributed by atoms with Gasteiger partial charge in [0.2, 0.25) is 0 Å². The second-order valence-corrected chi connectivity index (χ2v) is 6.39. The topological polar surface area (TPSA) is 54.3 Å². The zero-order chi connectivity index (χ0) is 16.9. The van der Waals surface area contributed by atoms with Crippen molar-refractivity contribution in [2.24, 2.45) is 0 Å². The van der Waals surface area contributed by atoms with Crippen LogP contribution in [0.15, 0.2) is 30.9 Å². The molecule has 0 N–H and O–H groups in total. The lowest BCUT2D eigenvalue weighted by Crippen LogP contribution is -2.35. The maximum atomic E-state index is 12.7. The summed E-state index contributed by atoms with van der Waals surface area (Å²) in [4.78, 5) is 20.9. The fourth-order valence-electron chi connectivity index (χ4n) is 2.97. The maximum Gasteiger partial charge on any atom is 0.255 e. The maximum absolute atomic E-state index is 12.7. The molecule has 3 heterocycles. The SMILES string of the molecule is CCn1cc(CN2CCCN(C(=O)c3ccncc3Cl)CC2)cn1. The molecular weight excluding hydrogens is 326 g/mol. The number of pyridine rings is 1. The van der Waals surface area contributed by atoms with Gasteiger partial charge in [0.15, 0.2) is 0 Å². The molecule has 1 saturated heterocycles. The lowest BCUT2D eigenvalue weighted by molar-refractivity contribution is 0.0761. The molecule has 1 fully saturated rings. The highest BCUT2D eigenvalue weighted by Crippen LogP contribution is 2.17. The Balaban J connectivity index is 1.60. The molecule has 128 valence electrons. The van der Waals surface area contributed by atoms with Crippen molar-refractivity contribution in [3.05, 3.63) is 47.0 Å². The predicted molar refractivity (Wildman–Crippen MR) is 92.9 cm³/mol. The summed E-state index contributed by atoms with van der Waals surface area (Å²) in [7, 11) is 0. The molecule has 0 bridgehead atoms. The van der Waals surface area contributed by atoms with E-state index in [-0.39, 0.29) is 5.91 Å². The van der Waals surface area contributed by atoms with E-state index in [0.29, 0.717) is 17.1 Å². The number of carbonyl (C=O) groups excluding carboxylic acids is 1. The van der Waals surface area contributed by atoms with E-state index in [1.807, 2.05) is 15.8 Å². The third kappa shape index (κ3) is 3.94. The molecule has 2 aromatic heterocycles. The summed E-state index contributed by atoms with van der Waals surface area (Å²) in [6, 6.07) is 1.69. The molecule has 2 aromatic rings. The first-order chi connectivity index (χ1) is 11.7. The number of aromatic nitrogens is 3. The molecule has 7 heteroatoms. The Kier molecular flexibility index (Phi) is 5.48. The molecule has 0 unspecified atom stereocenters. The molecule has 6 nitrogen and oxygen atoms in total. The van der Waals surface area contributed by atoms with Crippen molar-refractivity contribution in [1.82, 2.24) is 24.6 Å². The molecular formula is C17H22ClN5O. The summed E-state index contributed by atoms with van der Waals surface area (Å²) in [5.74, 6) is -0.0111. The summed E-state index contributed by atoms with van der Waals surface area (Å²) < 4.78 is 1.94. The summed E-state index contributed by atoms with van der Waals surface area (Å²) >= 11 is 6.10. The number of hydrogen-bond donors (Lipinski definition) is 0. The van der Waals surface area contributed by atoms with Gasteiger partial charge in [0.05, 0.1) is 16.8 Å². The Bertz CT molecular complexity index is 702.